The van der Waals surface area contributed by atoms with Crippen molar-refractivity contribution in [2.75, 3.05) is 23.7 Å². The van der Waals surface area contributed by atoms with Crippen LogP contribution in [-0.4, -0.2) is 17.7 Å². The molecule has 1 fully saturated rings. The fourth-order valence-electron chi connectivity index (χ4n) is 2.25. The Kier molecular flexibility index (Phi) is 2.55. The molecule has 4 nitrogen and oxygen atoms in total. The zero-order valence-electron chi connectivity index (χ0n) is 9.03. The predicted octanol–water partition coefficient (Wildman–Crippen LogP) is 1.56. The van der Waals surface area contributed by atoms with Crippen LogP contribution in [0.3, 0.4) is 0 Å². The van der Waals surface area contributed by atoms with Crippen molar-refractivity contribution in [3.05, 3.63) is 11.8 Å². The van der Waals surface area contributed by atoms with E-state index in [1.54, 1.807) is 6.07 Å². The van der Waals surface area contributed by atoms with Crippen molar-refractivity contribution in [3.63, 3.8) is 0 Å². The minimum atomic E-state index is 0.664. The van der Waals surface area contributed by atoms with E-state index < -0.39 is 0 Å². The van der Waals surface area contributed by atoms with Gasteiger partial charge in [-0.25, -0.2) is 0 Å². The molecular weight excluding hydrogens is 188 g/mol. The monoisotopic (exact) mass is 204 g/mol. The van der Waals surface area contributed by atoms with Crippen LogP contribution in [0.1, 0.15) is 25.5 Å². The van der Waals surface area contributed by atoms with Crippen LogP contribution in [0.2, 0.25) is 0 Å². The standard InChI is InChI=1S/C11H16N4/c1-2-15-9(8-12)7-10(13)11(15)14-5-3-4-6-14/h7H,2-6,13H2,1H3. The zero-order valence-corrected chi connectivity index (χ0v) is 9.03. The van der Waals surface area contributed by atoms with Crippen LogP contribution in [0, 0.1) is 11.3 Å². The normalized spacial score (nSPS) is 15.6. The fourth-order valence-corrected chi connectivity index (χ4v) is 2.25. The molecule has 0 aromatic carbocycles. The molecule has 1 aliphatic rings. The van der Waals surface area contributed by atoms with E-state index in [4.69, 9.17) is 11.0 Å². The molecule has 1 aromatic rings. The summed E-state index contributed by atoms with van der Waals surface area (Å²) in [6, 6.07) is 3.96. The Balaban J connectivity index is 2.44. The summed E-state index contributed by atoms with van der Waals surface area (Å²) in [5.41, 5.74) is 7.36. The number of hydrogen-bond acceptors (Lipinski definition) is 3. The zero-order chi connectivity index (χ0) is 10.8. The van der Waals surface area contributed by atoms with Crippen molar-refractivity contribution in [1.29, 1.82) is 5.26 Å². The molecule has 1 saturated heterocycles. The summed E-state index contributed by atoms with van der Waals surface area (Å²) < 4.78 is 2.00. The average molecular weight is 204 g/mol. The van der Waals surface area contributed by atoms with E-state index in [0.29, 0.717) is 5.69 Å². The van der Waals surface area contributed by atoms with Gasteiger partial charge in [-0.15, -0.1) is 0 Å². The maximum atomic E-state index is 8.99. The van der Waals surface area contributed by atoms with E-state index in [0.717, 1.165) is 31.1 Å². The molecule has 4 heteroatoms. The molecule has 1 aliphatic heterocycles. The van der Waals surface area contributed by atoms with Gasteiger partial charge >= 0.3 is 0 Å². The van der Waals surface area contributed by atoms with E-state index in [9.17, 15) is 0 Å². The number of nitrogens with two attached hydrogens (primary N) is 1. The van der Waals surface area contributed by atoms with Gasteiger partial charge in [0.1, 0.15) is 17.6 Å². The Morgan fingerprint density at radius 1 is 1.47 bits per heavy atom. The highest BCUT2D eigenvalue weighted by Crippen LogP contribution is 2.30. The highest BCUT2D eigenvalue weighted by atomic mass is 15.3. The van der Waals surface area contributed by atoms with Gasteiger partial charge in [-0.1, -0.05) is 0 Å². The number of nitrogen functional groups attached to an aromatic ring is 1. The van der Waals surface area contributed by atoms with Gasteiger partial charge < -0.3 is 15.2 Å². The van der Waals surface area contributed by atoms with Gasteiger partial charge in [0.25, 0.3) is 0 Å². The van der Waals surface area contributed by atoms with E-state index >= 15 is 0 Å². The van der Waals surface area contributed by atoms with Gasteiger partial charge in [0.15, 0.2) is 0 Å². The number of aromatic nitrogens is 1. The Hall–Kier alpha value is -1.63. The molecule has 15 heavy (non-hydrogen) atoms. The summed E-state index contributed by atoms with van der Waals surface area (Å²) >= 11 is 0. The van der Waals surface area contributed by atoms with Crippen LogP contribution in [0.25, 0.3) is 0 Å². The Bertz CT molecular complexity index is 393. The third-order valence-electron chi connectivity index (χ3n) is 2.93. The summed E-state index contributed by atoms with van der Waals surface area (Å²) in [6.07, 6.45) is 2.44. The van der Waals surface area contributed by atoms with Crippen LogP contribution in [0.4, 0.5) is 11.5 Å². The lowest BCUT2D eigenvalue weighted by Crippen LogP contribution is -2.22. The van der Waals surface area contributed by atoms with Crippen molar-refractivity contribution < 1.29 is 0 Å². The molecule has 0 amide bonds. The second-order valence-electron chi connectivity index (χ2n) is 3.86. The molecular formula is C11H16N4. The Labute approximate surface area is 89.9 Å². The van der Waals surface area contributed by atoms with Crippen LogP contribution in [-0.2, 0) is 6.54 Å². The molecule has 0 saturated carbocycles. The van der Waals surface area contributed by atoms with Crippen molar-refractivity contribution in [1.82, 2.24) is 4.57 Å². The summed E-state index contributed by atoms with van der Waals surface area (Å²) in [4.78, 5) is 2.28. The topological polar surface area (TPSA) is 58.0 Å². The lowest BCUT2D eigenvalue weighted by atomic mass is 10.4. The van der Waals surface area contributed by atoms with Gasteiger partial charge in [-0.2, -0.15) is 5.26 Å². The van der Waals surface area contributed by atoms with Crippen LogP contribution < -0.4 is 10.6 Å². The van der Waals surface area contributed by atoms with Gasteiger partial charge in [-0.05, 0) is 25.8 Å². The molecule has 80 valence electrons. The first kappa shape index (κ1) is 9.91. The van der Waals surface area contributed by atoms with E-state index in [-0.39, 0.29) is 0 Å². The van der Waals surface area contributed by atoms with E-state index in [1.807, 2.05) is 11.5 Å². The lowest BCUT2D eigenvalue weighted by molar-refractivity contribution is 0.734. The first-order valence-corrected chi connectivity index (χ1v) is 5.42. The highest BCUT2D eigenvalue weighted by Gasteiger charge is 2.20. The van der Waals surface area contributed by atoms with E-state index in [2.05, 4.69) is 11.0 Å². The third kappa shape index (κ3) is 1.54. The first-order chi connectivity index (χ1) is 7.27. The number of nitriles is 1. The molecule has 2 heterocycles. The summed E-state index contributed by atoms with van der Waals surface area (Å²) in [5.74, 6) is 1.03. The number of nitrogens with zero attached hydrogens (tertiary/aromatic N) is 3. The van der Waals surface area contributed by atoms with Gasteiger partial charge in [0, 0.05) is 19.6 Å². The minimum Gasteiger partial charge on any atom is -0.396 e. The second kappa shape index (κ2) is 3.85. The van der Waals surface area contributed by atoms with Crippen molar-refractivity contribution in [2.45, 2.75) is 26.3 Å². The molecule has 0 unspecified atom stereocenters. The molecule has 0 aliphatic carbocycles. The fraction of sp³-hybridized carbons (Fsp3) is 0.545. The summed E-state index contributed by atoms with van der Waals surface area (Å²) in [5, 5.41) is 8.99. The van der Waals surface area contributed by atoms with E-state index in [1.165, 1.54) is 12.8 Å². The Morgan fingerprint density at radius 3 is 2.67 bits per heavy atom. The largest absolute Gasteiger partial charge is 0.396 e. The molecule has 0 radical (unpaired) electrons. The first-order valence-electron chi connectivity index (χ1n) is 5.42. The molecule has 2 rings (SSSR count). The van der Waals surface area contributed by atoms with Crippen molar-refractivity contribution >= 4 is 11.5 Å². The van der Waals surface area contributed by atoms with Gasteiger partial charge in [0.05, 0.1) is 5.69 Å². The second-order valence-corrected chi connectivity index (χ2v) is 3.86. The molecule has 2 N–H and O–H groups in total. The summed E-state index contributed by atoms with van der Waals surface area (Å²) in [6.45, 7) is 4.95. The molecule has 0 bridgehead atoms. The van der Waals surface area contributed by atoms with Crippen LogP contribution in [0.15, 0.2) is 6.07 Å². The van der Waals surface area contributed by atoms with Gasteiger partial charge in [-0.3, -0.25) is 0 Å². The van der Waals surface area contributed by atoms with Crippen LogP contribution >= 0.6 is 0 Å². The molecule has 0 atom stereocenters. The smallest absolute Gasteiger partial charge is 0.133 e. The number of rotatable bonds is 2. The summed E-state index contributed by atoms with van der Waals surface area (Å²) in [7, 11) is 0. The number of hydrogen-bond donors (Lipinski definition) is 1. The maximum Gasteiger partial charge on any atom is 0.133 e. The highest BCUT2D eigenvalue weighted by molar-refractivity contribution is 5.68. The number of anilines is 2. The molecule has 1 aromatic heterocycles. The third-order valence-corrected chi connectivity index (χ3v) is 2.93. The predicted molar refractivity (Wildman–Crippen MR) is 60.7 cm³/mol. The van der Waals surface area contributed by atoms with Crippen molar-refractivity contribution in [2.24, 2.45) is 0 Å². The quantitative estimate of drug-likeness (QED) is 0.795. The van der Waals surface area contributed by atoms with Crippen LogP contribution in [0.5, 0.6) is 0 Å². The minimum absolute atomic E-state index is 0.664. The lowest BCUT2D eigenvalue weighted by Gasteiger charge is -2.20. The SMILES string of the molecule is CCn1c(C#N)cc(N)c1N1CCCC1. The molecule has 0 spiro atoms. The Morgan fingerprint density at radius 2 is 2.13 bits per heavy atom. The van der Waals surface area contributed by atoms with Gasteiger partial charge in [0.2, 0.25) is 0 Å². The maximum absolute atomic E-state index is 8.99. The average Bonchev–Trinajstić information content (AvgIpc) is 2.83. The van der Waals surface area contributed by atoms with Crippen molar-refractivity contribution in [3.8, 4) is 6.07 Å².